The summed E-state index contributed by atoms with van der Waals surface area (Å²) in [4.78, 5) is 0. The van der Waals surface area contributed by atoms with Crippen molar-refractivity contribution in [1.82, 2.24) is 0 Å². The number of halogens is 1. The lowest BCUT2D eigenvalue weighted by atomic mass is 10.4. The van der Waals surface area contributed by atoms with E-state index in [0.717, 1.165) is 11.8 Å². The second-order valence-electron chi connectivity index (χ2n) is 1.14. The van der Waals surface area contributed by atoms with Gasteiger partial charge in [-0.3, -0.25) is 0 Å². The Balaban J connectivity index is 2.63. The Hall–Kier alpha value is 0.400. The summed E-state index contributed by atoms with van der Waals surface area (Å²) in [6, 6.07) is 0. The lowest BCUT2D eigenvalue weighted by Crippen LogP contribution is -2.30. The first kappa shape index (κ1) is 6.40. The molecule has 0 aliphatic rings. The van der Waals surface area contributed by atoms with Gasteiger partial charge in [0.25, 0.3) is 0 Å². The highest BCUT2D eigenvalue weighted by molar-refractivity contribution is 9.09. The van der Waals surface area contributed by atoms with E-state index < -0.39 is 0 Å². The molecule has 2 nitrogen and oxygen atoms in total. The normalized spacial score (nSPS) is 10.0. The zero-order valence-electron chi connectivity index (χ0n) is 3.52. The van der Waals surface area contributed by atoms with E-state index in [1.165, 1.54) is 0 Å². The van der Waals surface area contributed by atoms with Crippen LogP contribution in [0.25, 0.3) is 0 Å². The van der Waals surface area contributed by atoms with Gasteiger partial charge in [0.1, 0.15) is 0 Å². The Bertz CT molecular complexity index is 30.0. The van der Waals surface area contributed by atoms with Crippen molar-refractivity contribution < 1.29 is 0 Å². The van der Waals surface area contributed by atoms with Gasteiger partial charge in [0.2, 0.25) is 0 Å². The van der Waals surface area contributed by atoms with Gasteiger partial charge < -0.3 is 11.5 Å². The van der Waals surface area contributed by atoms with Gasteiger partial charge in [-0.1, -0.05) is 15.9 Å². The molecule has 0 aliphatic carbocycles. The molecule has 0 saturated carbocycles. The SMILES string of the molecule is NC(N)CCBr. The standard InChI is InChI=1S/C3H9BrN2/c4-2-1-3(5)6/h3H,1-2,5-6H2. The van der Waals surface area contributed by atoms with Crippen molar-refractivity contribution in [1.29, 1.82) is 0 Å². The lowest BCUT2D eigenvalue weighted by Gasteiger charge is -1.96. The minimum atomic E-state index is -0.149. The van der Waals surface area contributed by atoms with Crippen LogP contribution in [0.5, 0.6) is 0 Å². The van der Waals surface area contributed by atoms with Crippen molar-refractivity contribution in [3.8, 4) is 0 Å². The van der Waals surface area contributed by atoms with E-state index >= 15 is 0 Å². The quantitative estimate of drug-likeness (QED) is 0.433. The van der Waals surface area contributed by atoms with E-state index in [4.69, 9.17) is 11.5 Å². The van der Waals surface area contributed by atoms with Crippen LogP contribution in [0.2, 0.25) is 0 Å². The van der Waals surface area contributed by atoms with Crippen molar-refractivity contribution in [2.45, 2.75) is 12.6 Å². The molecule has 0 aromatic carbocycles. The van der Waals surface area contributed by atoms with Gasteiger partial charge in [-0.05, 0) is 6.42 Å². The fraction of sp³-hybridized carbons (Fsp3) is 1.00. The first-order valence-electron chi connectivity index (χ1n) is 1.84. The van der Waals surface area contributed by atoms with E-state index in [1.807, 2.05) is 0 Å². The van der Waals surface area contributed by atoms with E-state index in [0.29, 0.717) is 0 Å². The molecule has 38 valence electrons. The number of hydrogen-bond donors (Lipinski definition) is 2. The second kappa shape index (κ2) is 3.59. The maximum Gasteiger partial charge on any atom is 0.0528 e. The topological polar surface area (TPSA) is 52.0 Å². The molecule has 0 unspecified atom stereocenters. The molecule has 0 heterocycles. The predicted molar refractivity (Wildman–Crippen MR) is 30.6 cm³/mol. The Morgan fingerprint density at radius 2 is 2.00 bits per heavy atom. The van der Waals surface area contributed by atoms with Crippen molar-refractivity contribution in [3.63, 3.8) is 0 Å². The van der Waals surface area contributed by atoms with E-state index in [1.54, 1.807) is 0 Å². The molecule has 0 spiro atoms. The molecule has 0 fully saturated rings. The van der Waals surface area contributed by atoms with Crippen molar-refractivity contribution in [2.75, 3.05) is 5.33 Å². The monoisotopic (exact) mass is 152 g/mol. The minimum absolute atomic E-state index is 0.149. The van der Waals surface area contributed by atoms with Crippen LogP contribution < -0.4 is 11.5 Å². The average Bonchev–Trinajstić information content (AvgIpc) is 1.35. The van der Waals surface area contributed by atoms with Gasteiger partial charge in [0.15, 0.2) is 0 Å². The lowest BCUT2D eigenvalue weighted by molar-refractivity contribution is 0.690. The zero-order chi connectivity index (χ0) is 4.99. The smallest absolute Gasteiger partial charge is 0.0528 e. The molecule has 3 heteroatoms. The predicted octanol–water partition coefficient (Wildman–Crippen LogP) is 0.0149. The highest BCUT2D eigenvalue weighted by Crippen LogP contribution is 1.85. The van der Waals surface area contributed by atoms with Crippen molar-refractivity contribution >= 4 is 15.9 Å². The summed E-state index contributed by atoms with van der Waals surface area (Å²) < 4.78 is 0. The van der Waals surface area contributed by atoms with Gasteiger partial charge in [-0.15, -0.1) is 0 Å². The number of nitrogens with two attached hydrogens (primary N) is 2. The van der Waals surface area contributed by atoms with Crippen LogP contribution in [-0.4, -0.2) is 11.5 Å². The third-order valence-electron chi connectivity index (χ3n) is 0.442. The summed E-state index contributed by atoms with van der Waals surface area (Å²) in [5.41, 5.74) is 10.3. The molecule has 0 bridgehead atoms. The fourth-order valence-electron chi connectivity index (χ4n) is 0.126. The average molecular weight is 153 g/mol. The Kier molecular flexibility index (Phi) is 3.82. The third-order valence-corrected chi connectivity index (χ3v) is 0.900. The molecular formula is C3H9BrN2. The Labute approximate surface area is 46.0 Å². The molecule has 0 amide bonds. The van der Waals surface area contributed by atoms with Gasteiger partial charge in [0.05, 0.1) is 6.17 Å². The minimum Gasteiger partial charge on any atom is -0.316 e. The zero-order valence-corrected chi connectivity index (χ0v) is 5.11. The maximum atomic E-state index is 5.15. The third kappa shape index (κ3) is 4.40. The van der Waals surface area contributed by atoms with Crippen LogP contribution in [0.15, 0.2) is 0 Å². The molecule has 0 saturated heterocycles. The summed E-state index contributed by atoms with van der Waals surface area (Å²) in [7, 11) is 0. The number of hydrogen-bond acceptors (Lipinski definition) is 2. The van der Waals surface area contributed by atoms with Gasteiger partial charge in [0, 0.05) is 5.33 Å². The second-order valence-corrected chi connectivity index (χ2v) is 1.93. The highest BCUT2D eigenvalue weighted by atomic mass is 79.9. The van der Waals surface area contributed by atoms with E-state index in [2.05, 4.69) is 15.9 Å². The van der Waals surface area contributed by atoms with Crippen LogP contribution >= 0.6 is 15.9 Å². The van der Waals surface area contributed by atoms with Gasteiger partial charge in [-0.2, -0.15) is 0 Å². The summed E-state index contributed by atoms with van der Waals surface area (Å²) in [6.45, 7) is 0. The molecule has 6 heavy (non-hydrogen) atoms. The molecule has 0 aromatic heterocycles. The molecule has 0 radical (unpaired) electrons. The Morgan fingerprint density at radius 3 is 2.00 bits per heavy atom. The molecule has 4 N–H and O–H groups in total. The summed E-state index contributed by atoms with van der Waals surface area (Å²) >= 11 is 3.19. The molecule has 0 aromatic rings. The number of alkyl halides is 1. The summed E-state index contributed by atoms with van der Waals surface area (Å²) in [6.07, 6.45) is 0.698. The van der Waals surface area contributed by atoms with Crippen LogP contribution in [0.3, 0.4) is 0 Å². The van der Waals surface area contributed by atoms with Gasteiger partial charge in [-0.25, -0.2) is 0 Å². The highest BCUT2D eigenvalue weighted by Gasteiger charge is 1.86. The van der Waals surface area contributed by atoms with Crippen molar-refractivity contribution in [3.05, 3.63) is 0 Å². The molecule has 0 atom stereocenters. The fourth-order valence-corrected chi connectivity index (χ4v) is 0.655. The summed E-state index contributed by atoms with van der Waals surface area (Å²) in [5.74, 6) is 0. The van der Waals surface area contributed by atoms with Crippen LogP contribution in [0.4, 0.5) is 0 Å². The van der Waals surface area contributed by atoms with Crippen LogP contribution in [-0.2, 0) is 0 Å². The van der Waals surface area contributed by atoms with Gasteiger partial charge >= 0.3 is 0 Å². The first-order chi connectivity index (χ1) is 2.77. The number of rotatable bonds is 2. The molecule has 0 aliphatic heterocycles. The summed E-state index contributed by atoms with van der Waals surface area (Å²) in [5, 5.41) is 0.894. The van der Waals surface area contributed by atoms with Crippen LogP contribution in [0.1, 0.15) is 6.42 Å². The van der Waals surface area contributed by atoms with E-state index in [-0.39, 0.29) is 6.17 Å². The first-order valence-corrected chi connectivity index (χ1v) is 2.96. The van der Waals surface area contributed by atoms with Crippen LogP contribution in [0, 0.1) is 0 Å². The largest absolute Gasteiger partial charge is 0.316 e. The maximum absolute atomic E-state index is 5.15. The Morgan fingerprint density at radius 1 is 1.50 bits per heavy atom. The molecular weight excluding hydrogens is 144 g/mol. The van der Waals surface area contributed by atoms with Crippen molar-refractivity contribution in [2.24, 2.45) is 11.5 Å². The molecule has 0 rings (SSSR count). The van der Waals surface area contributed by atoms with E-state index in [9.17, 15) is 0 Å².